The summed E-state index contributed by atoms with van der Waals surface area (Å²) in [5.41, 5.74) is 2.75. The zero-order valence-corrected chi connectivity index (χ0v) is 18.4. The van der Waals surface area contributed by atoms with Crippen LogP contribution in [0.5, 0.6) is 0 Å². The lowest BCUT2D eigenvalue weighted by molar-refractivity contribution is -0.131. The van der Waals surface area contributed by atoms with Crippen LogP contribution in [0.2, 0.25) is 0 Å². The maximum atomic E-state index is 12.4. The van der Waals surface area contributed by atoms with E-state index in [9.17, 15) is 18.0 Å². The zero-order valence-electron chi connectivity index (χ0n) is 16.8. The van der Waals surface area contributed by atoms with E-state index in [0.29, 0.717) is 18.7 Å². The van der Waals surface area contributed by atoms with Crippen molar-refractivity contribution in [2.75, 3.05) is 20.1 Å². The average Bonchev–Trinajstić information content (AvgIpc) is 3.21. The summed E-state index contributed by atoms with van der Waals surface area (Å²) in [7, 11) is -1.93. The molecule has 10 heteroatoms. The summed E-state index contributed by atoms with van der Waals surface area (Å²) < 4.78 is 25.4. The van der Waals surface area contributed by atoms with Crippen molar-refractivity contribution >= 4 is 33.3 Å². The first-order valence-electron chi connectivity index (χ1n) is 9.70. The molecule has 0 aliphatic carbocycles. The summed E-state index contributed by atoms with van der Waals surface area (Å²) in [4.78, 5) is 27.5. The second-order valence-electron chi connectivity index (χ2n) is 7.07. The van der Waals surface area contributed by atoms with Crippen molar-refractivity contribution in [2.24, 2.45) is 0 Å². The van der Waals surface area contributed by atoms with Crippen LogP contribution in [0.1, 0.15) is 28.0 Å². The van der Waals surface area contributed by atoms with Gasteiger partial charge in [0.25, 0.3) is 0 Å². The third-order valence-electron chi connectivity index (χ3n) is 4.93. The standard InChI is InChI=1S/C20H26N4O4S2/c1-21-30(27,28)14-16-4-2-15(3-5-16)12-23-20(26)22-9-6-19(25)24-10-7-18-17(13-24)8-11-29-18/h2-5,8,11,21H,6-7,9-10,12-14H2,1H3,(H2,22,23,26). The van der Waals surface area contributed by atoms with Gasteiger partial charge in [0.1, 0.15) is 0 Å². The first kappa shape index (κ1) is 22.3. The topological polar surface area (TPSA) is 108 Å². The minimum Gasteiger partial charge on any atom is -0.338 e. The van der Waals surface area contributed by atoms with Gasteiger partial charge in [0.2, 0.25) is 15.9 Å². The molecule has 3 amide bonds. The van der Waals surface area contributed by atoms with E-state index in [1.807, 2.05) is 4.90 Å². The van der Waals surface area contributed by atoms with Crippen LogP contribution in [0.25, 0.3) is 0 Å². The SMILES string of the molecule is CNS(=O)(=O)Cc1ccc(CNC(=O)NCCC(=O)N2CCc3sccc3C2)cc1. The molecular formula is C20H26N4O4S2. The highest BCUT2D eigenvalue weighted by Gasteiger charge is 2.21. The number of carbonyl (C=O) groups is 2. The molecule has 0 saturated carbocycles. The Kier molecular flexibility index (Phi) is 7.46. The van der Waals surface area contributed by atoms with Gasteiger partial charge in [0.15, 0.2) is 0 Å². The summed E-state index contributed by atoms with van der Waals surface area (Å²) in [6.07, 6.45) is 1.16. The van der Waals surface area contributed by atoms with Crippen LogP contribution < -0.4 is 15.4 Å². The number of fused-ring (bicyclic) bond motifs is 1. The van der Waals surface area contributed by atoms with Crippen molar-refractivity contribution in [3.8, 4) is 0 Å². The predicted molar refractivity (Wildman–Crippen MR) is 116 cm³/mol. The lowest BCUT2D eigenvalue weighted by atomic mass is 10.1. The van der Waals surface area contributed by atoms with Crippen molar-refractivity contribution in [1.82, 2.24) is 20.3 Å². The third-order valence-corrected chi connectivity index (χ3v) is 7.29. The van der Waals surface area contributed by atoms with Crippen molar-refractivity contribution < 1.29 is 18.0 Å². The molecule has 0 saturated heterocycles. The van der Waals surface area contributed by atoms with E-state index < -0.39 is 10.0 Å². The molecule has 1 aliphatic heterocycles. The number of sulfonamides is 1. The van der Waals surface area contributed by atoms with Gasteiger partial charge in [-0.05, 0) is 41.6 Å². The van der Waals surface area contributed by atoms with E-state index in [0.717, 1.165) is 18.5 Å². The molecule has 3 rings (SSSR count). The van der Waals surface area contributed by atoms with Crippen LogP contribution in [0.15, 0.2) is 35.7 Å². The van der Waals surface area contributed by atoms with Crippen LogP contribution >= 0.6 is 11.3 Å². The molecule has 0 fully saturated rings. The quantitative estimate of drug-likeness (QED) is 0.567. The minimum atomic E-state index is -3.31. The fraction of sp³-hybridized carbons (Fsp3) is 0.400. The molecule has 1 aliphatic rings. The highest BCUT2D eigenvalue weighted by molar-refractivity contribution is 7.88. The summed E-state index contributed by atoms with van der Waals surface area (Å²) in [5.74, 6) is -0.0459. The number of benzene rings is 1. The molecule has 8 nitrogen and oxygen atoms in total. The molecule has 2 heterocycles. The summed E-state index contributed by atoms with van der Waals surface area (Å²) in [6.45, 7) is 1.96. The minimum absolute atomic E-state index is 0.0410. The average molecular weight is 451 g/mol. The number of nitrogens with zero attached hydrogens (tertiary/aromatic N) is 1. The fourth-order valence-corrected chi connectivity index (χ4v) is 4.86. The van der Waals surface area contributed by atoms with Gasteiger partial charge in [0, 0.05) is 37.5 Å². The van der Waals surface area contributed by atoms with Crippen LogP contribution in [0.3, 0.4) is 0 Å². The Labute approximate surface area is 180 Å². The van der Waals surface area contributed by atoms with Crippen LogP contribution in [-0.2, 0) is 40.1 Å². The number of carbonyl (C=O) groups excluding carboxylic acids is 2. The summed E-state index contributed by atoms with van der Waals surface area (Å²) >= 11 is 1.74. The Bertz CT molecular complexity index is 986. The van der Waals surface area contributed by atoms with E-state index in [-0.39, 0.29) is 30.7 Å². The Balaban J connectivity index is 1.35. The molecule has 2 aromatic rings. The summed E-state index contributed by atoms with van der Waals surface area (Å²) in [6, 6.07) is 8.72. The van der Waals surface area contributed by atoms with Gasteiger partial charge in [-0.25, -0.2) is 17.9 Å². The molecule has 30 heavy (non-hydrogen) atoms. The van der Waals surface area contributed by atoms with Crippen molar-refractivity contribution in [2.45, 2.75) is 31.7 Å². The highest BCUT2D eigenvalue weighted by Crippen LogP contribution is 2.24. The maximum absolute atomic E-state index is 12.4. The molecule has 0 atom stereocenters. The van der Waals surface area contributed by atoms with Crippen molar-refractivity contribution in [1.29, 1.82) is 0 Å². The largest absolute Gasteiger partial charge is 0.338 e. The highest BCUT2D eigenvalue weighted by atomic mass is 32.2. The molecule has 0 spiro atoms. The van der Waals surface area contributed by atoms with Crippen LogP contribution in [0, 0.1) is 0 Å². The number of nitrogens with one attached hydrogen (secondary N) is 3. The number of hydrogen-bond donors (Lipinski definition) is 3. The number of amides is 3. The Morgan fingerprint density at radius 1 is 1.10 bits per heavy atom. The second kappa shape index (κ2) is 10.1. The van der Waals surface area contributed by atoms with Crippen LogP contribution in [0.4, 0.5) is 4.79 Å². The molecule has 1 aromatic carbocycles. The fourth-order valence-electron chi connectivity index (χ4n) is 3.19. The predicted octanol–water partition coefficient (Wildman–Crippen LogP) is 1.57. The third kappa shape index (κ3) is 6.28. The van der Waals surface area contributed by atoms with Gasteiger partial charge in [-0.2, -0.15) is 0 Å². The smallest absolute Gasteiger partial charge is 0.315 e. The van der Waals surface area contributed by atoms with Gasteiger partial charge in [0.05, 0.1) is 5.75 Å². The van der Waals surface area contributed by atoms with Crippen molar-refractivity contribution in [3.05, 3.63) is 57.3 Å². The molecule has 0 unspecified atom stereocenters. The second-order valence-corrected chi connectivity index (χ2v) is 10.0. The van der Waals surface area contributed by atoms with E-state index in [1.165, 1.54) is 17.5 Å². The van der Waals surface area contributed by atoms with Gasteiger partial charge in [-0.1, -0.05) is 24.3 Å². The van der Waals surface area contributed by atoms with Crippen LogP contribution in [-0.4, -0.2) is 45.4 Å². The van der Waals surface area contributed by atoms with Crippen molar-refractivity contribution in [3.63, 3.8) is 0 Å². The van der Waals surface area contributed by atoms with Gasteiger partial charge >= 0.3 is 6.03 Å². The van der Waals surface area contributed by atoms with Gasteiger partial charge in [-0.15, -0.1) is 11.3 Å². The number of urea groups is 1. The number of thiophene rings is 1. The normalized spacial score (nSPS) is 13.6. The first-order valence-corrected chi connectivity index (χ1v) is 12.2. The number of hydrogen-bond acceptors (Lipinski definition) is 5. The van der Waals surface area contributed by atoms with E-state index in [4.69, 9.17) is 0 Å². The molecule has 162 valence electrons. The zero-order chi connectivity index (χ0) is 21.6. The molecular weight excluding hydrogens is 424 g/mol. The Morgan fingerprint density at radius 3 is 2.57 bits per heavy atom. The van der Waals surface area contributed by atoms with E-state index >= 15 is 0 Å². The lowest BCUT2D eigenvalue weighted by Gasteiger charge is -2.27. The molecule has 0 bridgehead atoms. The molecule has 3 N–H and O–H groups in total. The lowest BCUT2D eigenvalue weighted by Crippen LogP contribution is -2.40. The maximum Gasteiger partial charge on any atom is 0.315 e. The van der Waals surface area contributed by atoms with E-state index in [1.54, 1.807) is 35.6 Å². The van der Waals surface area contributed by atoms with E-state index in [2.05, 4.69) is 26.8 Å². The molecule has 1 aromatic heterocycles. The van der Waals surface area contributed by atoms with Gasteiger partial charge < -0.3 is 15.5 Å². The Morgan fingerprint density at radius 2 is 1.83 bits per heavy atom. The monoisotopic (exact) mass is 450 g/mol. The molecule has 0 radical (unpaired) electrons. The Hall–Kier alpha value is -2.43. The number of rotatable bonds is 8. The first-order chi connectivity index (χ1) is 14.4. The summed E-state index contributed by atoms with van der Waals surface area (Å²) in [5, 5.41) is 7.50. The van der Waals surface area contributed by atoms with Gasteiger partial charge in [-0.3, -0.25) is 4.79 Å².